The Hall–Kier alpha value is -3.79. The zero-order chi connectivity index (χ0) is 24.5. The lowest BCUT2D eigenvalue weighted by Gasteiger charge is -2.11. The zero-order valence-corrected chi connectivity index (χ0v) is 17.4. The van der Waals surface area contributed by atoms with Crippen molar-refractivity contribution in [3.05, 3.63) is 107 Å². The third-order valence-corrected chi connectivity index (χ3v) is 5.29. The summed E-state index contributed by atoms with van der Waals surface area (Å²) in [4.78, 5) is 0. The molecule has 0 nitrogen and oxygen atoms in total. The van der Waals surface area contributed by atoms with E-state index in [0.29, 0.717) is 18.4 Å². The van der Waals surface area contributed by atoms with Crippen LogP contribution in [-0.2, 0) is 12.8 Å². The molecule has 0 aliphatic rings. The smallest absolute Gasteiger partial charge is 0.206 e. The summed E-state index contributed by atoms with van der Waals surface area (Å²) < 4.78 is 95.5. The van der Waals surface area contributed by atoms with E-state index in [1.807, 2.05) is 30.3 Å². The standard InChI is InChI=1S/C27H15F7/c28-22-15-19-14-18(8-9-20(19)26(31)21(22)10-11-27(32,33)34)25-23(29)12-17(13-24(25)30)7-6-16-4-2-1-3-5-16/h1-5,8-9,12-15H,6-7H2. The minimum Gasteiger partial charge on any atom is -0.206 e. The quantitative estimate of drug-likeness (QED) is 0.210. The fourth-order valence-electron chi connectivity index (χ4n) is 3.71. The zero-order valence-electron chi connectivity index (χ0n) is 17.4. The van der Waals surface area contributed by atoms with E-state index in [4.69, 9.17) is 0 Å². The molecule has 0 aliphatic carbocycles. The summed E-state index contributed by atoms with van der Waals surface area (Å²) >= 11 is 0. The van der Waals surface area contributed by atoms with Crippen LogP contribution < -0.4 is 0 Å². The van der Waals surface area contributed by atoms with Gasteiger partial charge < -0.3 is 0 Å². The van der Waals surface area contributed by atoms with Crippen LogP contribution in [0.5, 0.6) is 0 Å². The monoisotopic (exact) mass is 472 g/mol. The van der Waals surface area contributed by atoms with Gasteiger partial charge in [0.25, 0.3) is 0 Å². The average molecular weight is 472 g/mol. The van der Waals surface area contributed by atoms with Crippen molar-refractivity contribution in [1.29, 1.82) is 0 Å². The van der Waals surface area contributed by atoms with Gasteiger partial charge in [-0.15, -0.1) is 0 Å². The van der Waals surface area contributed by atoms with Gasteiger partial charge in [-0.3, -0.25) is 0 Å². The number of aryl methyl sites for hydroxylation is 2. The van der Waals surface area contributed by atoms with Crippen molar-refractivity contribution in [2.75, 3.05) is 0 Å². The van der Waals surface area contributed by atoms with Gasteiger partial charge in [0.05, 0.1) is 11.1 Å². The summed E-state index contributed by atoms with van der Waals surface area (Å²) in [6.07, 6.45) is -3.92. The number of halogens is 7. The highest BCUT2D eigenvalue weighted by molar-refractivity contribution is 5.89. The Morgan fingerprint density at radius 1 is 0.676 bits per heavy atom. The lowest BCUT2D eigenvalue weighted by Crippen LogP contribution is -2.02. The van der Waals surface area contributed by atoms with Gasteiger partial charge in [0.15, 0.2) is 0 Å². The van der Waals surface area contributed by atoms with Gasteiger partial charge in [-0.25, -0.2) is 17.6 Å². The highest BCUT2D eigenvalue weighted by Crippen LogP contribution is 2.32. The Labute approximate surface area is 190 Å². The molecule has 0 saturated heterocycles. The van der Waals surface area contributed by atoms with Crippen LogP contribution in [0.1, 0.15) is 16.7 Å². The molecule has 0 atom stereocenters. The van der Waals surface area contributed by atoms with E-state index in [9.17, 15) is 30.7 Å². The lowest BCUT2D eigenvalue weighted by molar-refractivity contribution is -0.0696. The maximum absolute atomic E-state index is 14.8. The van der Waals surface area contributed by atoms with Crippen molar-refractivity contribution in [3.8, 4) is 23.0 Å². The Bertz CT molecular complexity index is 1400. The van der Waals surface area contributed by atoms with E-state index in [-0.39, 0.29) is 21.9 Å². The number of fused-ring (bicyclic) bond motifs is 1. The first-order valence-electron chi connectivity index (χ1n) is 10.2. The molecule has 4 aromatic carbocycles. The van der Waals surface area contributed by atoms with Crippen molar-refractivity contribution >= 4 is 10.8 Å². The summed E-state index contributed by atoms with van der Waals surface area (Å²) in [5.41, 5.74) is 0.105. The highest BCUT2D eigenvalue weighted by Gasteiger charge is 2.24. The first-order chi connectivity index (χ1) is 16.1. The van der Waals surface area contributed by atoms with Crippen LogP contribution in [0, 0.1) is 35.1 Å². The minimum absolute atomic E-state index is 0.0324. The topological polar surface area (TPSA) is 0 Å². The molecular formula is C27H15F7. The maximum atomic E-state index is 14.8. The van der Waals surface area contributed by atoms with E-state index in [1.165, 1.54) is 30.2 Å². The number of rotatable bonds is 4. The minimum atomic E-state index is -4.92. The Balaban J connectivity index is 1.68. The predicted octanol–water partition coefficient (Wildman–Crippen LogP) is 7.76. The summed E-state index contributed by atoms with van der Waals surface area (Å²) in [7, 11) is 0. The number of benzene rings is 4. The van der Waals surface area contributed by atoms with Gasteiger partial charge in [0.1, 0.15) is 23.3 Å². The van der Waals surface area contributed by atoms with Crippen molar-refractivity contribution in [2.24, 2.45) is 0 Å². The Morgan fingerprint density at radius 2 is 1.32 bits per heavy atom. The van der Waals surface area contributed by atoms with Gasteiger partial charge in [0, 0.05) is 11.3 Å². The van der Waals surface area contributed by atoms with Crippen molar-refractivity contribution in [1.82, 2.24) is 0 Å². The number of hydrogen-bond acceptors (Lipinski definition) is 0. The first kappa shape index (κ1) is 23.4. The second-order valence-corrected chi connectivity index (χ2v) is 7.65. The van der Waals surface area contributed by atoms with E-state index >= 15 is 0 Å². The molecule has 0 bridgehead atoms. The maximum Gasteiger partial charge on any atom is 0.458 e. The summed E-state index contributed by atoms with van der Waals surface area (Å²) in [5, 5.41) is -0.297. The van der Waals surface area contributed by atoms with Gasteiger partial charge in [-0.2, -0.15) is 13.2 Å². The molecule has 0 radical (unpaired) electrons. The molecule has 4 aromatic rings. The van der Waals surface area contributed by atoms with Gasteiger partial charge >= 0.3 is 6.18 Å². The summed E-state index contributed by atoms with van der Waals surface area (Å²) in [6.45, 7) is 0. The normalized spacial score (nSPS) is 11.4. The van der Waals surface area contributed by atoms with Crippen LogP contribution in [0.15, 0.2) is 66.7 Å². The number of hydrogen-bond donors (Lipinski definition) is 0. The van der Waals surface area contributed by atoms with E-state index in [2.05, 4.69) is 0 Å². The third kappa shape index (κ3) is 5.07. The molecule has 34 heavy (non-hydrogen) atoms. The Kier molecular flexibility index (Phi) is 6.34. The third-order valence-electron chi connectivity index (χ3n) is 5.29. The fraction of sp³-hybridized carbons (Fsp3) is 0.111. The fourth-order valence-corrected chi connectivity index (χ4v) is 3.71. The van der Waals surface area contributed by atoms with Crippen LogP contribution in [0.3, 0.4) is 0 Å². The lowest BCUT2D eigenvalue weighted by atomic mass is 9.96. The molecule has 172 valence electrons. The second kappa shape index (κ2) is 9.22. The predicted molar refractivity (Wildman–Crippen MR) is 116 cm³/mol. The highest BCUT2D eigenvalue weighted by atomic mass is 19.4. The summed E-state index contributed by atoms with van der Waals surface area (Å²) in [5.74, 6) is -1.97. The molecule has 0 fully saturated rings. The molecule has 0 aromatic heterocycles. The molecular weight excluding hydrogens is 457 g/mol. The van der Waals surface area contributed by atoms with Gasteiger partial charge in [-0.05, 0) is 59.2 Å². The SMILES string of the molecule is Fc1cc2cc(-c3c(F)cc(CCc4ccccc4)cc3F)ccc2c(F)c1C#CC(F)(F)F. The molecule has 4 rings (SSSR count). The van der Waals surface area contributed by atoms with Crippen LogP contribution in [0.2, 0.25) is 0 Å². The van der Waals surface area contributed by atoms with E-state index < -0.39 is 35.0 Å². The van der Waals surface area contributed by atoms with E-state index in [0.717, 1.165) is 23.6 Å². The Morgan fingerprint density at radius 3 is 1.97 bits per heavy atom. The molecule has 0 spiro atoms. The molecule has 0 aliphatic heterocycles. The molecule has 0 amide bonds. The van der Waals surface area contributed by atoms with Gasteiger partial charge in [-0.1, -0.05) is 48.4 Å². The van der Waals surface area contributed by atoms with Crippen molar-refractivity contribution in [2.45, 2.75) is 19.0 Å². The number of alkyl halides is 3. The molecule has 0 saturated carbocycles. The largest absolute Gasteiger partial charge is 0.458 e. The second-order valence-electron chi connectivity index (χ2n) is 7.65. The average Bonchev–Trinajstić information content (AvgIpc) is 2.77. The van der Waals surface area contributed by atoms with E-state index in [1.54, 1.807) is 0 Å². The van der Waals surface area contributed by atoms with Crippen LogP contribution in [0.25, 0.3) is 21.9 Å². The van der Waals surface area contributed by atoms with Crippen LogP contribution in [0.4, 0.5) is 30.7 Å². The first-order valence-corrected chi connectivity index (χ1v) is 10.2. The van der Waals surface area contributed by atoms with Crippen molar-refractivity contribution < 1.29 is 30.7 Å². The van der Waals surface area contributed by atoms with Crippen LogP contribution >= 0.6 is 0 Å². The molecule has 0 unspecified atom stereocenters. The molecule has 0 N–H and O–H groups in total. The van der Waals surface area contributed by atoms with Crippen LogP contribution in [-0.4, -0.2) is 6.18 Å². The molecule has 0 heterocycles. The van der Waals surface area contributed by atoms with Gasteiger partial charge in [0.2, 0.25) is 0 Å². The molecule has 7 heteroatoms. The summed E-state index contributed by atoms with van der Waals surface area (Å²) in [6, 6.07) is 16.2. The van der Waals surface area contributed by atoms with Crippen molar-refractivity contribution in [3.63, 3.8) is 0 Å².